The molecule has 0 aliphatic carbocycles. The van der Waals surface area contributed by atoms with Gasteiger partial charge in [-0.1, -0.05) is 0 Å². The molecule has 0 aliphatic heterocycles. The quantitative estimate of drug-likeness (QED) is 0.523. The van der Waals surface area contributed by atoms with Gasteiger partial charge in [0.1, 0.15) is 12.3 Å². The predicted octanol–water partition coefficient (Wildman–Crippen LogP) is 2.55. The minimum Gasteiger partial charge on any atom is -0.475 e. The lowest BCUT2D eigenvalue weighted by Crippen LogP contribution is -2.04. The molecule has 7 nitrogen and oxygen atoms in total. The van der Waals surface area contributed by atoms with E-state index in [4.69, 9.17) is 15.7 Å². The molecule has 3 aromatic rings. The molecule has 0 aliphatic rings. The van der Waals surface area contributed by atoms with Crippen molar-refractivity contribution in [3.8, 4) is 23.1 Å². The van der Waals surface area contributed by atoms with E-state index >= 15 is 0 Å². The Kier molecular flexibility index (Phi) is 4.90. The number of carbonyl (C=O) groups excluding carboxylic acids is 1. The number of fused-ring (bicyclic) bond motifs is 1. The molecule has 0 unspecified atom stereocenters. The van der Waals surface area contributed by atoms with Crippen LogP contribution in [0.4, 0.5) is 4.39 Å². The standard InChI is InChI=1S/C18H14FN5O2/c19-15-7-13(10-24-18(15)26-5-1-4-20)12-6-14-11(2-3-16(21)25)8-22-17(14)23-9-12/h2-3,6-10H,1,5H2,(H2,21,25)(H,22,23)/b3-2+. The van der Waals surface area contributed by atoms with E-state index < -0.39 is 11.7 Å². The number of aromatic nitrogens is 3. The average molecular weight is 351 g/mol. The molecule has 8 heteroatoms. The summed E-state index contributed by atoms with van der Waals surface area (Å²) in [5.74, 6) is -1.32. The van der Waals surface area contributed by atoms with E-state index in [1.807, 2.05) is 12.1 Å². The summed E-state index contributed by atoms with van der Waals surface area (Å²) >= 11 is 0. The Morgan fingerprint density at radius 1 is 1.35 bits per heavy atom. The van der Waals surface area contributed by atoms with Gasteiger partial charge in [0.05, 0.1) is 12.5 Å². The highest BCUT2D eigenvalue weighted by Crippen LogP contribution is 2.27. The number of H-pyrrole nitrogens is 1. The highest BCUT2D eigenvalue weighted by molar-refractivity contribution is 5.95. The Morgan fingerprint density at radius 2 is 2.12 bits per heavy atom. The van der Waals surface area contributed by atoms with Crippen molar-refractivity contribution in [3.05, 3.63) is 48.2 Å². The fourth-order valence-corrected chi connectivity index (χ4v) is 2.37. The predicted molar refractivity (Wildman–Crippen MR) is 93.2 cm³/mol. The third-order valence-corrected chi connectivity index (χ3v) is 3.58. The zero-order valence-corrected chi connectivity index (χ0v) is 13.6. The van der Waals surface area contributed by atoms with Gasteiger partial charge in [0.15, 0.2) is 5.82 Å². The average Bonchev–Trinajstić information content (AvgIpc) is 3.03. The number of halogens is 1. The van der Waals surface area contributed by atoms with Gasteiger partial charge in [-0.25, -0.2) is 14.4 Å². The van der Waals surface area contributed by atoms with E-state index in [0.29, 0.717) is 16.8 Å². The van der Waals surface area contributed by atoms with Crippen LogP contribution in [0.15, 0.2) is 36.8 Å². The number of carbonyl (C=O) groups is 1. The number of hydrogen-bond acceptors (Lipinski definition) is 5. The SMILES string of the molecule is N#CCCOc1ncc(-c2cnc3[nH]cc(/C=C/C(N)=O)c3c2)cc1F. The number of pyridine rings is 2. The maximum atomic E-state index is 14.1. The van der Waals surface area contributed by atoms with Gasteiger partial charge in [0.25, 0.3) is 0 Å². The van der Waals surface area contributed by atoms with Crippen LogP contribution < -0.4 is 10.5 Å². The minimum atomic E-state index is -0.622. The summed E-state index contributed by atoms with van der Waals surface area (Å²) in [5.41, 5.74) is 7.66. The highest BCUT2D eigenvalue weighted by Gasteiger charge is 2.10. The molecule has 0 saturated carbocycles. The molecule has 0 bridgehead atoms. The second-order valence-corrected chi connectivity index (χ2v) is 5.37. The summed E-state index contributed by atoms with van der Waals surface area (Å²) in [5, 5.41) is 9.24. The smallest absolute Gasteiger partial charge is 0.250 e. The number of rotatable bonds is 6. The van der Waals surface area contributed by atoms with Crippen LogP contribution in [0.1, 0.15) is 12.0 Å². The molecule has 0 radical (unpaired) electrons. The Labute approximate surface area is 147 Å². The molecule has 1 amide bonds. The van der Waals surface area contributed by atoms with E-state index in [-0.39, 0.29) is 18.9 Å². The summed E-state index contributed by atoms with van der Waals surface area (Å²) in [4.78, 5) is 22.2. The van der Waals surface area contributed by atoms with Crippen molar-refractivity contribution in [2.75, 3.05) is 6.61 Å². The van der Waals surface area contributed by atoms with Crippen molar-refractivity contribution in [3.63, 3.8) is 0 Å². The van der Waals surface area contributed by atoms with Gasteiger partial charge in [-0.15, -0.1) is 0 Å². The molecular formula is C18H14FN5O2. The second kappa shape index (κ2) is 7.44. The molecule has 0 spiro atoms. The molecule has 3 heterocycles. The molecule has 3 rings (SSSR count). The molecule has 26 heavy (non-hydrogen) atoms. The van der Waals surface area contributed by atoms with Crippen LogP contribution in [0.2, 0.25) is 0 Å². The van der Waals surface area contributed by atoms with Crippen molar-refractivity contribution in [1.29, 1.82) is 5.26 Å². The van der Waals surface area contributed by atoms with Crippen LogP contribution in [0.3, 0.4) is 0 Å². The van der Waals surface area contributed by atoms with Gasteiger partial charge in [-0.05, 0) is 18.2 Å². The van der Waals surface area contributed by atoms with Crippen molar-refractivity contribution in [2.24, 2.45) is 5.73 Å². The van der Waals surface area contributed by atoms with Crippen molar-refractivity contribution in [2.45, 2.75) is 6.42 Å². The number of ether oxygens (including phenoxy) is 1. The van der Waals surface area contributed by atoms with Crippen molar-refractivity contribution < 1.29 is 13.9 Å². The second-order valence-electron chi connectivity index (χ2n) is 5.37. The summed E-state index contributed by atoms with van der Waals surface area (Å²) in [7, 11) is 0. The zero-order chi connectivity index (χ0) is 18.5. The van der Waals surface area contributed by atoms with E-state index in [9.17, 15) is 9.18 Å². The van der Waals surface area contributed by atoms with Crippen LogP contribution in [-0.2, 0) is 4.79 Å². The number of amides is 1. The van der Waals surface area contributed by atoms with E-state index in [1.54, 1.807) is 18.5 Å². The molecule has 0 saturated heterocycles. The Hall–Kier alpha value is -3.73. The normalized spacial score (nSPS) is 10.9. The van der Waals surface area contributed by atoms with E-state index in [2.05, 4.69) is 15.0 Å². The van der Waals surface area contributed by atoms with Crippen LogP contribution in [0.5, 0.6) is 5.88 Å². The first-order valence-electron chi connectivity index (χ1n) is 7.69. The van der Waals surface area contributed by atoms with Gasteiger partial charge < -0.3 is 15.5 Å². The van der Waals surface area contributed by atoms with Crippen molar-refractivity contribution in [1.82, 2.24) is 15.0 Å². The number of hydrogen-bond donors (Lipinski definition) is 2. The summed E-state index contributed by atoms with van der Waals surface area (Å²) in [6.45, 7) is 0.0756. The van der Waals surface area contributed by atoms with Crippen LogP contribution in [-0.4, -0.2) is 27.5 Å². The largest absolute Gasteiger partial charge is 0.475 e. The lowest BCUT2D eigenvalue weighted by Gasteiger charge is -2.06. The van der Waals surface area contributed by atoms with Crippen LogP contribution in [0.25, 0.3) is 28.2 Å². The first-order chi connectivity index (χ1) is 12.6. The maximum Gasteiger partial charge on any atom is 0.250 e. The zero-order valence-electron chi connectivity index (χ0n) is 13.6. The fourth-order valence-electron chi connectivity index (χ4n) is 2.37. The molecule has 130 valence electrons. The highest BCUT2D eigenvalue weighted by atomic mass is 19.1. The van der Waals surface area contributed by atoms with E-state index in [1.165, 1.54) is 18.3 Å². The number of aromatic amines is 1. The Morgan fingerprint density at radius 3 is 2.85 bits per heavy atom. The summed E-state index contributed by atoms with van der Waals surface area (Å²) in [6, 6.07) is 5.02. The number of nitrogens with zero attached hydrogens (tertiary/aromatic N) is 3. The van der Waals surface area contributed by atoms with Gasteiger partial charge in [-0.3, -0.25) is 4.79 Å². The lowest BCUT2D eigenvalue weighted by atomic mass is 10.1. The van der Waals surface area contributed by atoms with Crippen LogP contribution >= 0.6 is 0 Å². The molecule has 0 atom stereocenters. The number of nitrogens with two attached hydrogens (primary N) is 1. The topological polar surface area (TPSA) is 118 Å². The maximum absolute atomic E-state index is 14.1. The van der Waals surface area contributed by atoms with Gasteiger partial charge >= 0.3 is 0 Å². The Balaban J connectivity index is 1.92. The molecule has 0 fully saturated rings. The number of nitriles is 1. The summed E-state index contributed by atoms with van der Waals surface area (Å²) in [6.07, 6.45) is 7.75. The third-order valence-electron chi connectivity index (χ3n) is 3.58. The van der Waals surface area contributed by atoms with Gasteiger partial charge in [0.2, 0.25) is 11.8 Å². The van der Waals surface area contributed by atoms with Gasteiger partial charge in [-0.2, -0.15) is 5.26 Å². The molecular weight excluding hydrogens is 337 g/mol. The third kappa shape index (κ3) is 3.67. The molecule has 3 aromatic heterocycles. The number of primary amides is 1. The lowest BCUT2D eigenvalue weighted by molar-refractivity contribution is -0.113. The minimum absolute atomic E-state index is 0.0756. The van der Waals surface area contributed by atoms with E-state index in [0.717, 1.165) is 10.9 Å². The van der Waals surface area contributed by atoms with Crippen LogP contribution in [0, 0.1) is 17.1 Å². The van der Waals surface area contributed by atoms with Crippen molar-refractivity contribution >= 4 is 23.0 Å². The summed E-state index contributed by atoms with van der Waals surface area (Å²) < 4.78 is 19.3. The number of nitrogens with one attached hydrogen (secondary N) is 1. The monoisotopic (exact) mass is 351 g/mol. The Bertz CT molecular complexity index is 1040. The molecule has 0 aromatic carbocycles. The molecule has 3 N–H and O–H groups in total. The fraction of sp³-hybridized carbons (Fsp3) is 0.111. The van der Waals surface area contributed by atoms with Gasteiger partial charge in [0, 0.05) is 46.7 Å². The first kappa shape index (κ1) is 17.1. The first-order valence-corrected chi connectivity index (χ1v) is 7.69.